The second kappa shape index (κ2) is 7.17. The van der Waals surface area contributed by atoms with E-state index in [1.54, 1.807) is 16.9 Å². The molecule has 2 aromatic rings. The fraction of sp³-hybridized carbons (Fsp3) is 0.263. The molecule has 1 aliphatic heterocycles. The SMILES string of the molecule is COc1ccc(-c2ccccc2)cc1C(=O)N1CCN(C=O)CC1. The predicted octanol–water partition coefficient (Wildman–Crippen LogP) is 2.28. The summed E-state index contributed by atoms with van der Waals surface area (Å²) in [4.78, 5) is 27.2. The van der Waals surface area contributed by atoms with Crippen LogP contribution in [0.1, 0.15) is 10.4 Å². The number of methoxy groups -OCH3 is 1. The molecule has 0 spiro atoms. The zero-order valence-corrected chi connectivity index (χ0v) is 13.6. The van der Waals surface area contributed by atoms with E-state index in [4.69, 9.17) is 4.74 Å². The molecule has 24 heavy (non-hydrogen) atoms. The summed E-state index contributed by atoms with van der Waals surface area (Å²) in [5.74, 6) is 0.507. The van der Waals surface area contributed by atoms with Gasteiger partial charge in [0.2, 0.25) is 6.41 Å². The number of carbonyl (C=O) groups is 2. The molecular formula is C19H20N2O3. The van der Waals surface area contributed by atoms with Crippen molar-refractivity contribution in [3.8, 4) is 16.9 Å². The van der Waals surface area contributed by atoms with E-state index in [0.29, 0.717) is 37.5 Å². The number of benzene rings is 2. The highest BCUT2D eigenvalue weighted by atomic mass is 16.5. The molecule has 5 heteroatoms. The van der Waals surface area contributed by atoms with E-state index < -0.39 is 0 Å². The maximum Gasteiger partial charge on any atom is 0.257 e. The molecule has 2 amide bonds. The zero-order chi connectivity index (χ0) is 16.9. The Labute approximate surface area is 141 Å². The van der Waals surface area contributed by atoms with E-state index in [-0.39, 0.29) is 5.91 Å². The average molecular weight is 324 g/mol. The van der Waals surface area contributed by atoms with Crippen LogP contribution >= 0.6 is 0 Å². The Morgan fingerprint density at radius 1 is 1.00 bits per heavy atom. The van der Waals surface area contributed by atoms with Gasteiger partial charge in [0.15, 0.2) is 0 Å². The number of carbonyl (C=O) groups excluding carboxylic acids is 2. The van der Waals surface area contributed by atoms with Gasteiger partial charge in [-0.2, -0.15) is 0 Å². The summed E-state index contributed by atoms with van der Waals surface area (Å²) in [6, 6.07) is 15.6. The maximum atomic E-state index is 12.9. The molecule has 0 unspecified atom stereocenters. The lowest BCUT2D eigenvalue weighted by Gasteiger charge is -2.32. The van der Waals surface area contributed by atoms with Gasteiger partial charge in [-0.15, -0.1) is 0 Å². The van der Waals surface area contributed by atoms with E-state index in [1.807, 2.05) is 48.5 Å². The van der Waals surface area contributed by atoms with Crippen molar-refractivity contribution in [3.05, 3.63) is 54.1 Å². The molecule has 1 fully saturated rings. The highest BCUT2D eigenvalue weighted by molar-refractivity contribution is 5.98. The number of ether oxygens (including phenoxy) is 1. The minimum absolute atomic E-state index is 0.0600. The third-order valence-corrected chi connectivity index (χ3v) is 4.29. The highest BCUT2D eigenvalue weighted by Gasteiger charge is 2.24. The van der Waals surface area contributed by atoms with E-state index in [2.05, 4.69) is 0 Å². The first kappa shape index (κ1) is 16.1. The Morgan fingerprint density at radius 2 is 1.71 bits per heavy atom. The summed E-state index contributed by atoms with van der Waals surface area (Å²) in [6.45, 7) is 2.21. The van der Waals surface area contributed by atoms with Gasteiger partial charge in [0.05, 0.1) is 12.7 Å². The van der Waals surface area contributed by atoms with Crippen LogP contribution in [0.25, 0.3) is 11.1 Å². The summed E-state index contributed by atoms with van der Waals surface area (Å²) in [5.41, 5.74) is 2.59. The number of hydrogen-bond donors (Lipinski definition) is 0. The van der Waals surface area contributed by atoms with Crippen molar-refractivity contribution in [3.63, 3.8) is 0 Å². The van der Waals surface area contributed by atoms with Crippen LogP contribution in [0.5, 0.6) is 5.75 Å². The van der Waals surface area contributed by atoms with E-state index in [0.717, 1.165) is 17.5 Å². The van der Waals surface area contributed by atoms with Gasteiger partial charge < -0.3 is 14.5 Å². The fourth-order valence-corrected chi connectivity index (χ4v) is 2.89. The molecule has 0 aromatic heterocycles. The van der Waals surface area contributed by atoms with Crippen molar-refractivity contribution in [2.45, 2.75) is 0 Å². The largest absolute Gasteiger partial charge is 0.496 e. The average Bonchev–Trinajstić information content (AvgIpc) is 2.67. The molecule has 0 radical (unpaired) electrons. The van der Waals surface area contributed by atoms with E-state index >= 15 is 0 Å². The lowest BCUT2D eigenvalue weighted by atomic mass is 10.0. The molecule has 0 N–H and O–H groups in total. The number of piperazine rings is 1. The third-order valence-electron chi connectivity index (χ3n) is 4.29. The van der Waals surface area contributed by atoms with Crippen LogP contribution in [-0.4, -0.2) is 55.4 Å². The number of rotatable bonds is 4. The van der Waals surface area contributed by atoms with Crippen LogP contribution in [0.4, 0.5) is 0 Å². The normalized spacial score (nSPS) is 14.4. The first-order valence-corrected chi connectivity index (χ1v) is 7.95. The molecule has 0 saturated carbocycles. The van der Waals surface area contributed by atoms with Gasteiger partial charge in [-0.05, 0) is 23.3 Å². The summed E-state index contributed by atoms with van der Waals surface area (Å²) < 4.78 is 5.38. The van der Waals surface area contributed by atoms with Crippen molar-refractivity contribution in [2.75, 3.05) is 33.3 Å². The minimum atomic E-state index is -0.0600. The summed E-state index contributed by atoms with van der Waals surface area (Å²) in [5, 5.41) is 0. The monoisotopic (exact) mass is 324 g/mol. The Bertz CT molecular complexity index is 723. The Hall–Kier alpha value is -2.82. The second-order valence-corrected chi connectivity index (χ2v) is 5.71. The number of amides is 2. The fourth-order valence-electron chi connectivity index (χ4n) is 2.89. The molecule has 2 aromatic carbocycles. The molecule has 3 rings (SSSR count). The first-order chi connectivity index (χ1) is 11.7. The molecule has 124 valence electrons. The van der Waals surface area contributed by atoms with Crippen molar-refractivity contribution >= 4 is 12.3 Å². The molecule has 0 atom stereocenters. The van der Waals surface area contributed by atoms with Crippen LogP contribution in [-0.2, 0) is 4.79 Å². The van der Waals surface area contributed by atoms with Gasteiger partial charge in [-0.3, -0.25) is 9.59 Å². The van der Waals surface area contributed by atoms with Crippen molar-refractivity contribution in [1.82, 2.24) is 9.80 Å². The van der Waals surface area contributed by atoms with Crippen LogP contribution in [0.3, 0.4) is 0 Å². The van der Waals surface area contributed by atoms with E-state index in [9.17, 15) is 9.59 Å². The third kappa shape index (κ3) is 3.25. The maximum absolute atomic E-state index is 12.9. The van der Waals surface area contributed by atoms with Crippen molar-refractivity contribution in [1.29, 1.82) is 0 Å². The molecule has 1 aliphatic rings. The van der Waals surface area contributed by atoms with Crippen LogP contribution in [0.15, 0.2) is 48.5 Å². The molecule has 0 aliphatic carbocycles. The van der Waals surface area contributed by atoms with Gasteiger partial charge in [0, 0.05) is 26.2 Å². The summed E-state index contributed by atoms with van der Waals surface area (Å²) in [6.07, 6.45) is 0.832. The second-order valence-electron chi connectivity index (χ2n) is 5.71. The molecule has 0 bridgehead atoms. The standard InChI is InChI=1S/C19H20N2O3/c1-24-18-8-7-16(15-5-3-2-4-6-15)13-17(18)19(23)21-11-9-20(14-22)10-12-21/h2-8,13-14H,9-12H2,1H3. The van der Waals surface area contributed by atoms with Crippen LogP contribution < -0.4 is 4.74 Å². The van der Waals surface area contributed by atoms with Crippen LogP contribution in [0.2, 0.25) is 0 Å². The van der Waals surface area contributed by atoms with Crippen LogP contribution in [0, 0.1) is 0 Å². The summed E-state index contributed by atoms with van der Waals surface area (Å²) >= 11 is 0. The lowest BCUT2D eigenvalue weighted by molar-refractivity contribution is -0.119. The lowest BCUT2D eigenvalue weighted by Crippen LogP contribution is -2.48. The quantitative estimate of drug-likeness (QED) is 0.811. The molecule has 1 heterocycles. The topological polar surface area (TPSA) is 49.9 Å². The molecule has 5 nitrogen and oxygen atoms in total. The smallest absolute Gasteiger partial charge is 0.257 e. The van der Waals surface area contributed by atoms with Gasteiger partial charge >= 0.3 is 0 Å². The first-order valence-electron chi connectivity index (χ1n) is 7.95. The van der Waals surface area contributed by atoms with Gasteiger partial charge in [-0.25, -0.2) is 0 Å². The minimum Gasteiger partial charge on any atom is -0.496 e. The van der Waals surface area contributed by atoms with Gasteiger partial charge in [0.25, 0.3) is 5.91 Å². The van der Waals surface area contributed by atoms with Crippen molar-refractivity contribution in [2.24, 2.45) is 0 Å². The Morgan fingerprint density at radius 3 is 2.33 bits per heavy atom. The number of nitrogens with zero attached hydrogens (tertiary/aromatic N) is 2. The zero-order valence-electron chi connectivity index (χ0n) is 13.6. The molecule has 1 saturated heterocycles. The Balaban J connectivity index is 1.88. The predicted molar refractivity (Wildman–Crippen MR) is 92.0 cm³/mol. The summed E-state index contributed by atoms with van der Waals surface area (Å²) in [7, 11) is 1.57. The number of hydrogen-bond acceptors (Lipinski definition) is 3. The Kier molecular flexibility index (Phi) is 4.79. The van der Waals surface area contributed by atoms with Crippen molar-refractivity contribution < 1.29 is 14.3 Å². The van der Waals surface area contributed by atoms with E-state index in [1.165, 1.54) is 0 Å². The van der Waals surface area contributed by atoms with Gasteiger partial charge in [0.1, 0.15) is 5.75 Å². The molecular weight excluding hydrogens is 304 g/mol. The van der Waals surface area contributed by atoms with Gasteiger partial charge in [-0.1, -0.05) is 36.4 Å². The highest BCUT2D eigenvalue weighted by Crippen LogP contribution is 2.27.